The molecule has 2 aliphatic heterocycles. The van der Waals surface area contributed by atoms with Crippen molar-refractivity contribution in [3.05, 3.63) is 34.9 Å². The Morgan fingerprint density at radius 2 is 2.31 bits per heavy atom. The maximum Gasteiger partial charge on any atom is 0.251 e. The molecule has 4 nitrogen and oxygen atoms in total. The molecule has 1 aromatic carbocycles. The predicted octanol–water partition coefficient (Wildman–Crippen LogP) is 0.591. The first-order valence-electron chi connectivity index (χ1n) is 5.58. The van der Waals surface area contributed by atoms with Gasteiger partial charge in [0, 0.05) is 25.2 Å². The second kappa shape index (κ2) is 3.88. The largest absolute Gasteiger partial charge is 0.371 e. The maximum atomic E-state index is 11.4. The Bertz CT molecular complexity index is 425. The van der Waals surface area contributed by atoms with Crippen LogP contribution in [0.3, 0.4) is 0 Å². The van der Waals surface area contributed by atoms with Gasteiger partial charge in [-0.2, -0.15) is 0 Å². The highest BCUT2D eigenvalue weighted by Crippen LogP contribution is 2.24. The molecule has 2 heterocycles. The lowest BCUT2D eigenvalue weighted by molar-refractivity contribution is 0.0276. The number of rotatable bonds is 1. The fourth-order valence-electron chi connectivity index (χ4n) is 2.23. The van der Waals surface area contributed by atoms with E-state index in [1.807, 2.05) is 12.1 Å². The third-order valence-electron chi connectivity index (χ3n) is 3.11. The highest BCUT2D eigenvalue weighted by atomic mass is 16.5. The zero-order valence-corrected chi connectivity index (χ0v) is 8.95. The van der Waals surface area contributed by atoms with E-state index in [0.717, 1.165) is 36.4 Å². The van der Waals surface area contributed by atoms with Crippen molar-refractivity contribution < 1.29 is 9.53 Å². The summed E-state index contributed by atoms with van der Waals surface area (Å²) in [5.41, 5.74) is 3.03. The van der Waals surface area contributed by atoms with Crippen LogP contribution in [0, 0.1) is 0 Å². The van der Waals surface area contributed by atoms with Gasteiger partial charge in [0.15, 0.2) is 0 Å². The van der Waals surface area contributed by atoms with E-state index in [1.54, 1.807) is 0 Å². The van der Waals surface area contributed by atoms with Crippen LogP contribution in [0.5, 0.6) is 0 Å². The van der Waals surface area contributed by atoms with Gasteiger partial charge in [0.05, 0.1) is 12.7 Å². The lowest BCUT2D eigenvalue weighted by Gasteiger charge is -2.24. The molecule has 16 heavy (non-hydrogen) atoms. The normalized spacial score (nSPS) is 24.0. The standard InChI is InChI=1S/C12H14N2O2/c15-12-10-2-1-8(5-9(10)6-14-12)11-7-13-3-4-16-11/h1-2,5,11,13H,3-4,6-7H2,(H,14,15)/t11-/m0/s1. The van der Waals surface area contributed by atoms with Crippen molar-refractivity contribution in [2.24, 2.45) is 0 Å². The van der Waals surface area contributed by atoms with Gasteiger partial charge in [-0.3, -0.25) is 4.79 Å². The van der Waals surface area contributed by atoms with Gasteiger partial charge in [0.2, 0.25) is 0 Å². The topological polar surface area (TPSA) is 50.4 Å². The van der Waals surface area contributed by atoms with Crippen LogP contribution >= 0.6 is 0 Å². The molecule has 1 atom stereocenters. The summed E-state index contributed by atoms with van der Waals surface area (Å²) in [5, 5.41) is 6.12. The van der Waals surface area contributed by atoms with Crippen LogP contribution in [0.2, 0.25) is 0 Å². The predicted molar refractivity (Wildman–Crippen MR) is 59.2 cm³/mol. The van der Waals surface area contributed by atoms with E-state index >= 15 is 0 Å². The quantitative estimate of drug-likeness (QED) is 0.725. The number of ether oxygens (including phenoxy) is 1. The van der Waals surface area contributed by atoms with Crippen molar-refractivity contribution >= 4 is 5.91 Å². The Kier molecular flexibility index (Phi) is 2.38. The van der Waals surface area contributed by atoms with Crippen molar-refractivity contribution in [2.75, 3.05) is 19.7 Å². The fourth-order valence-corrected chi connectivity index (χ4v) is 2.23. The Labute approximate surface area is 94.0 Å². The van der Waals surface area contributed by atoms with Gasteiger partial charge in [-0.15, -0.1) is 0 Å². The summed E-state index contributed by atoms with van der Waals surface area (Å²) in [5.74, 6) is 0.0317. The smallest absolute Gasteiger partial charge is 0.251 e. The number of amides is 1. The summed E-state index contributed by atoms with van der Waals surface area (Å²) in [6.45, 7) is 3.16. The molecule has 1 aromatic rings. The van der Waals surface area contributed by atoms with Crippen molar-refractivity contribution in [2.45, 2.75) is 12.6 Å². The molecule has 1 fully saturated rings. The van der Waals surface area contributed by atoms with E-state index in [1.165, 1.54) is 0 Å². The third kappa shape index (κ3) is 1.60. The SMILES string of the molecule is O=C1NCc2cc([C@@H]3CNCCO3)ccc21. The van der Waals surface area contributed by atoms with Crippen LogP contribution in [0.25, 0.3) is 0 Å². The lowest BCUT2D eigenvalue weighted by atomic mass is 10.0. The van der Waals surface area contributed by atoms with Crippen molar-refractivity contribution in [1.82, 2.24) is 10.6 Å². The average Bonchev–Trinajstić information content (AvgIpc) is 2.72. The van der Waals surface area contributed by atoms with Crippen LogP contribution in [0.4, 0.5) is 0 Å². The Morgan fingerprint density at radius 3 is 3.12 bits per heavy atom. The van der Waals surface area contributed by atoms with Crippen LogP contribution in [-0.4, -0.2) is 25.6 Å². The minimum atomic E-state index is 0.0317. The number of hydrogen-bond acceptors (Lipinski definition) is 3. The lowest BCUT2D eigenvalue weighted by Crippen LogP contribution is -2.33. The summed E-state index contributed by atoms with van der Waals surface area (Å²) in [6, 6.07) is 5.96. The third-order valence-corrected chi connectivity index (χ3v) is 3.11. The zero-order valence-electron chi connectivity index (χ0n) is 8.95. The molecule has 2 aliphatic rings. The van der Waals surface area contributed by atoms with Crippen LogP contribution in [-0.2, 0) is 11.3 Å². The van der Waals surface area contributed by atoms with E-state index < -0.39 is 0 Å². The van der Waals surface area contributed by atoms with Crippen LogP contribution in [0.1, 0.15) is 27.6 Å². The van der Waals surface area contributed by atoms with Gasteiger partial charge in [0.25, 0.3) is 5.91 Å². The molecule has 0 bridgehead atoms. The number of carbonyl (C=O) groups is 1. The first-order valence-corrected chi connectivity index (χ1v) is 5.58. The molecule has 0 aliphatic carbocycles. The second-order valence-electron chi connectivity index (χ2n) is 4.16. The molecule has 3 rings (SSSR count). The molecule has 0 radical (unpaired) electrons. The number of morpholine rings is 1. The molecule has 0 spiro atoms. The minimum Gasteiger partial charge on any atom is -0.371 e. The monoisotopic (exact) mass is 218 g/mol. The van der Waals surface area contributed by atoms with E-state index in [-0.39, 0.29) is 12.0 Å². The van der Waals surface area contributed by atoms with E-state index in [9.17, 15) is 4.79 Å². The van der Waals surface area contributed by atoms with E-state index in [2.05, 4.69) is 16.7 Å². The molecule has 1 amide bonds. The number of hydrogen-bond donors (Lipinski definition) is 2. The average molecular weight is 218 g/mol. The van der Waals surface area contributed by atoms with Gasteiger partial charge in [-0.25, -0.2) is 0 Å². The second-order valence-corrected chi connectivity index (χ2v) is 4.16. The minimum absolute atomic E-state index is 0.0317. The summed E-state index contributed by atoms with van der Waals surface area (Å²) < 4.78 is 5.68. The molecule has 0 aromatic heterocycles. The van der Waals surface area contributed by atoms with Crippen LogP contribution < -0.4 is 10.6 Å². The molecule has 0 unspecified atom stereocenters. The highest BCUT2D eigenvalue weighted by Gasteiger charge is 2.22. The van der Waals surface area contributed by atoms with Gasteiger partial charge in [-0.05, 0) is 17.2 Å². The number of benzene rings is 1. The van der Waals surface area contributed by atoms with Gasteiger partial charge < -0.3 is 15.4 Å². The van der Waals surface area contributed by atoms with Gasteiger partial charge in [0.1, 0.15) is 0 Å². The number of fused-ring (bicyclic) bond motifs is 1. The Balaban J connectivity index is 1.89. The van der Waals surface area contributed by atoms with Crippen molar-refractivity contribution in [3.63, 3.8) is 0 Å². The van der Waals surface area contributed by atoms with Crippen LogP contribution in [0.15, 0.2) is 18.2 Å². The molecule has 1 saturated heterocycles. The number of nitrogens with one attached hydrogen (secondary N) is 2. The van der Waals surface area contributed by atoms with Gasteiger partial charge in [-0.1, -0.05) is 12.1 Å². The first kappa shape index (κ1) is 9.81. The zero-order chi connectivity index (χ0) is 11.0. The fraction of sp³-hybridized carbons (Fsp3) is 0.417. The molecular weight excluding hydrogens is 204 g/mol. The molecule has 0 saturated carbocycles. The summed E-state index contributed by atoms with van der Waals surface area (Å²) in [4.78, 5) is 11.4. The Hall–Kier alpha value is -1.39. The number of carbonyl (C=O) groups excluding carboxylic acids is 1. The molecular formula is C12H14N2O2. The van der Waals surface area contributed by atoms with Crippen molar-refractivity contribution in [1.29, 1.82) is 0 Å². The molecule has 2 N–H and O–H groups in total. The van der Waals surface area contributed by atoms with E-state index in [0.29, 0.717) is 6.54 Å². The molecule has 84 valence electrons. The van der Waals surface area contributed by atoms with Gasteiger partial charge >= 0.3 is 0 Å². The first-order chi connectivity index (χ1) is 7.84. The highest BCUT2D eigenvalue weighted by molar-refractivity contribution is 5.98. The van der Waals surface area contributed by atoms with E-state index in [4.69, 9.17) is 4.74 Å². The summed E-state index contributed by atoms with van der Waals surface area (Å²) in [7, 11) is 0. The van der Waals surface area contributed by atoms with Crippen molar-refractivity contribution in [3.8, 4) is 0 Å². The molecule has 4 heteroatoms. The summed E-state index contributed by atoms with van der Waals surface area (Å²) >= 11 is 0. The maximum absolute atomic E-state index is 11.4. The summed E-state index contributed by atoms with van der Waals surface area (Å²) in [6.07, 6.45) is 0.120. The Morgan fingerprint density at radius 1 is 1.38 bits per heavy atom.